The first kappa shape index (κ1) is 25.9. The monoisotopic (exact) mass is 494 g/mol. The minimum Gasteiger partial charge on any atom is -0.353 e. The van der Waals surface area contributed by atoms with Crippen LogP contribution in [0.15, 0.2) is 90.5 Å². The predicted molar refractivity (Wildman–Crippen MR) is 136 cm³/mol. The first-order chi connectivity index (χ1) is 16.7. The molecule has 0 fully saturated rings. The number of aryl methyl sites for hydroxylation is 1. The molecule has 1 N–H and O–H groups in total. The van der Waals surface area contributed by atoms with Crippen molar-refractivity contribution < 1.29 is 18.0 Å². The Hall–Kier alpha value is -3.69. The number of carbonyl (C=O) groups is 2. The number of aromatic nitrogens is 1. The van der Waals surface area contributed by atoms with Gasteiger partial charge in [0.15, 0.2) is 0 Å². The van der Waals surface area contributed by atoms with Crippen LogP contribution in [-0.2, 0) is 39.7 Å². The van der Waals surface area contributed by atoms with Gasteiger partial charge in [0.05, 0.1) is 18.0 Å². The second-order valence-corrected chi connectivity index (χ2v) is 10.1. The second kappa shape index (κ2) is 11.6. The standard InChI is InChI=1S/C26H30N4O4S/c1-4-16-30(35(33,34)25-14-12-23(13-15-25)27-21(2)31)20-26(32)29(18-22-9-6-5-7-10-22)19-24-11-8-17-28(24)3/h4-15,17H,1,16,18-20H2,2-3H3,(H,27,31). The highest BCUT2D eigenvalue weighted by Crippen LogP contribution is 2.20. The average molecular weight is 495 g/mol. The molecule has 0 radical (unpaired) electrons. The number of hydrogen-bond acceptors (Lipinski definition) is 4. The van der Waals surface area contributed by atoms with Crippen LogP contribution in [0, 0.1) is 0 Å². The molecule has 1 heterocycles. The first-order valence-corrected chi connectivity index (χ1v) is 12.6. The normalized spacial score (nSPS) is 11.3. The second-order valence-electron chi connectivity index (χ2n) is 8.14. The number of nitrogens with one attached hydrogen (secondary N) is 1. The summed E-state index contributed by atoms with van der Waals surface area (Å²) >= 11 is 0. The van der Waals surface area contributed by atoms with Gasteiger partial charge in [-0.3, -0.25) is 9.59 Å². The van der Waals surface area contributed by atoms with E-state index in [1.54, 1.807) is 4.90 Å². The van der Waals surface area contributed by atoms with Crippen molar-refractivity contribution in [1.29, 1.82) is 0 Å². The van der Waals surface area contributed by atoms with Gasteiger partial charge in [0.25, 0.3) is 0 Å². The van der Waals surface area contributed by atoms with Gasteiger partial charge in [-0.05, 0) is 42.0 Å². The summed E-state index contributed by atoms with van der Waals surface area (Å²) in [5, 5.41) is 2.61. The van der Waals surface area contributed by atoms with E-state index >= 15 is 0 Å². The van der Waals surface area contributed by atoms with E-state index in [1.807, 2.05) is 60.3 Å². The number of amides is 2. The Balaban J connectivity index is 1.84. The Bertz CT molecular complexity index is 1270. The van der Waals surface area contributed by atoms with Gasteiger partial charge in [0, 0.05) is 44.6 Å². The maximum absolute atomic E-state index is 13.5. The van der Waals surface area contributed by atoms with Gasteiger partial charge in [0.2, 0.25) is 21.8 Å². The molecule has 2 amide bonds. The van der Waals surface area contributed by atoms with Gasteiger partial charge in [-0.15, -0.1) is 6.58 Å². The van der Waals surface area contributed by atoms with Crippen molar-refractivity contribution in [1.82, 2.24) is 13.8 Å². The quantitative estimate of drug-likeness (QED) is 0.414. The van der Waals surface area contributed by atoms with Crippen LogP contribution in [0.3, 0.4) is 0 Å². The molecule has 0 aliphatic heterocycles. The summed E-state index contributed by atoms with van der Waals surface area (Å²) < 4.78 is 29.8. The van der Waals surface area contributed by atoms with Gasteiger partial charge < -0.3 is 14.8 Å². The van der Waals surface area contributed by atoms with E-state index in [4.69, 9.17) is 0 Å². The lowest BCUT2D eigenvalue weighted by Gasteiger charge is -2.27. The molecule has 1 aromatic heterocycles. The van der Waals surface area contributed by atoms with Crippen LogP contribution in [0.5, 0.6) is 0 Å². The van der Waals surface area contributed by atoms with Crippen LogP contribution in [0.1, 0.15) is 18.2 Å². The van der Waals surface area contributed by atoms with Crippen molar-refractivity contribution in [2.24, 2.45) is 7.05 Å². The Kier molecular flexibility index (Phi) is 8.62. The maximum atomic E-state index is 13.5. The van der Waals surface area contributed by atoms with E-state index in [1.165, 1.54) is 37.3 Å². The van der Waals surface area contributed by atoms with Crippen LogP contribution in [0.4, 0.5) is 5.69 Å². The minimum atomic E-state index is -3.98. The smallest absolute Gasteiger partial charge is 0.243 e. The SMILES string of the molecule is C=CCN(CC(=O)N(Cc1ccccc1)Cc1cccn1C)S(=O)(=O)c1ccc(NC(C)=O)cc1. The van der Waals surface area contributed by atoms with Gasteiger partial charge in [0.1, 0.15) is 0 Å². The predicted octanol–water partition coefficient (Wildman–Crippen LogP) is 3.39. The van der Waals surface area contributed by atoms with E-state index in [0.717, 1.165) is 15.6 Å². The number of rotatable bonds is 11. The number of nitrogens with zero attached hydrogens (tertiary/aromatic N) is 3. The van der Waals surface area contributed by atoms with E-state index in [2.05, 4.69) is 11.9 Å². The van der Waals surface area contributed by atoms with E-state index < -0.39 is 10.0 Å². The zero-order valence-corrected chi connectivity index (χ0v) is 20.7. The first-order valence-electron chi connectivity index (χ1n) is 11.1. The van der Waals surface area contributed by atoms with Crippen molar-refractivity contribution in [2.75, 3.05) is 18.4 Å². The third-order valence-electron chi connectivity index (χ3n) is 5.43. The highest BCUT2D eigenvalue weighted by atomic mass is 32.2. The molecule has 8 nitrogen and oxygen atoms in total. The summed E-state index contributed by atoms with van der Waals surface area (Å²) in [6, 6.07) is 19.3. The van der Waals surface area contributed by atoms with Crippen molar-refractivity contribution in [2.45, 2.75) is 24.9 Å². The summed E-state index contributed by atoms with van der Waals surface area (Å²) in [6.45, 7) is 5.36. The van der Waals surface area contributed by atoms with Gasteiger partial charge in [-0.1, -0.05) is 36.4 Å². The Morgan fingerprint density at radius 2 is 1.69 bits per heavy atom. The molecular weight excluding hydrogens is 464 g/mol. The van der Waals surface area contributed by atoms with Crippen LogP contribution in [0.2, 0.25) is 0 Å². The molecule has 184 valence electrons. The third kappa shape index (κ3) is 6.91. The largest absolute Gasteiger partial charge is 0.353 e. The molecule has 0 bridgehead atoms. The van der Waals surface area contributed by atoms with E-state index in [-0.39, 0.29) is 29.8 Å². The molecule has 3 aromatic rings. The molecule has 0 unspecified atom stereocenters. The van der Waals surface area contributed by atoms with Gasteiger partial charge in [-0.25, -0.2) is 8.42 Å². The van der Waals surface area contributed by atoms with Crippen molar-refractivity contribution in [3.8, 4) is 0 Å². The Labute approximate surface area is 206 Å². The van der Waals surface area contributed by atoms with Crippen molar-refractivity contribution in [3.63, 3.8) is 0 Å². The molecule has 0 saturated carbocycles. The zero-order chi connectivity index (χ0) is 25.4. The summed E-state index contributed by atoms with van der Waals surface area (Å²) in [4.78, 5) is 26.4. The van der Waals surface area contributed by atoms with Crippen LogP contribution >= 0.6 is 0 Å². The fraction of sp³-hybridized carbons (Fsp3) is 0.231. The lowest BCUT2D eigenvalue weighted by atomic mass is 10.2. The van der Waals surface area contributed by atoms with E-state index in [0.29, 0.717) is 18.8 Å². The van der Waals surface area contributed by atoms with Crippen LogP contribution < -0.4 is 5.32 Å². The average Bonchev–Trinajstić information content (AvgIpc) is 3.23. The molecule has 2 aromatic carbocycles. The number of anilines is 1. The molecule has 3 rings (SSSR count). The molecule has 9 heteroatoms. The molecule has 0 spiro atoms. The molecule has 35 heavy (non-hydrogen) atoms. The Morgan fingerprint density at radius 3 is 2.26 bits per heavy atom. The van der Waals surface area contributed by atoms with Gasteiger partial charge in [-0.2, -0.15) is 4.31 Å². The highest BCUT2D eigenvalue weighted by molar-refractivity contribution is 7.89. The topological polar surface area (TPSA) is 91.7 Å². The fourth-order valence-corrected chi connectivity index (χ4v) is 4.96. The summed E-state index contributed by atoms with van der Waals surface area (Å²) in [5.41, 5.74) is 2.36. The van der Waals surface area contributed by atoms with Crippen LogP contribution in [0.25, 0.3) is 0 Å². The number of carbonyl (C=O) groups excluding carboxylic acids is 2. The summed E-state index contributed by atoms with van der Waals surface area (Å²) in [5.74, 6) is -0.577. The maximum Gasteiger partial charge on any atom is 0.243 e. The molecule has 0 aliphatic carbocycles. The highest BCUT2D eigenvalue weighted by Gasteiger charge is 2.28. The minimum absolute atomic E-state index is 0.0230. The number of benzene rings is 2. The molecule has 0 aliphatic rings. The van der Waals surface area contributed by atoms with Gasteiger partial charge >= 0.3 is 0 Å². The molecule has 0 atom stereocenters. The number of sulfonamides is 1. The molecular formula is C26H30N4O4S. The Morgan fingerprint density at radius 1 is 1.00 bits per heavy atom. The fourth-order valence-electron chi connectivity index (χ4n) is 3.60. The number of hydrogen-bond donors (Lipinski definition) is 1. The molecule has 0 saturated heterocycles. The van der Waals surface area contributed by atoms with Crippen molar-refractivity contribution in [3.05, 3.63) is 96.8 Å². The summed E-state index contributed by atoms with van der Waals surface area (Å²) in [6.07, 6.45) is 3.36. The third-order valence-corrected chi connectivity index (χ3v) is 7.26. The lowest BCUT2D eigenvalue weighted by Crippen LogP contribution is -2.42. The summed E-state index contributed by atoms with van der Waals surface area (Å²) in [7, 11) is -2.08. The van der Waals surface area contributed by atoms with Crippen molar-refractivity contribution >= 4 is 27.5 Å². The van der Waals surface area contributed by atoms with E-state index in [9.17, 15) is 18.0 Å². The van der Waals surface area contributed by atoms with Crippen LogP contribution in [-0.4, -0.2) is 47.1 Å². The lowest BCUT2D eigenvalue weighted by molar-refractivity contribution is -0.132. The zero-order valence-electron chi connectivity index (χ0n) is 19.9.